The molecule has 0 spiro atoms. The SMILES string of the molecule is CCC(C)Oc1ccccc1C=CC(=O)Nc1cccc(OCC(=O)N2CCCC2)c1. The molecule has 164 valence electrons. The summed E-state index contributed by atoms with van der Waals surface area (Å²) in [7, 11) is 0. The van der Waals surface area contributed by atoms with Crippen LogP contribution < -0.4 is 14.8 Å². The normalized spacial score (nSPS) is 14.5. The average molecular weight is 423 g/mol. The third-order valence-electron chi connectivity index (χ3n) is 5.16. The number of rotatable bonds is 9. The number of nitrogens with one attached hydrogen (secondary N) is 1. The predicted molar refractivity (Wildman–Crippen MR) is 122 cm³/mol. The van der Waals surface area contributed by atoms with Crippen molar-refractivity contribution in [2.45, 2.75) is 39.2 Å². The molecule has 0 bridgehead atoms. The van der Waals surface area contributed by atoms with Gasteiger partial charge < -0.3 is 19.7 Å². The molecule has 1 saturated heterocycles. The van der Waals surface area contributed by atoms with Crippen molar-refractivity contribution in [2.75, 3.05) is 25.0 Å². The van der Waals surface area contributed by atoms with Gasteiger partial charge in [-0.3, -0.25) is 9.59 Å². The van der Waals surface area contributed by atoms with Crippen molar-refractivity contribution in [1.82, 2.24) is 4.90 Å². The van der Waals surface area contributed by atoms with E-state index in [4.69, 9.17) is 9.47 Å². The van der Waals surface area contributed by atoms with E-state index in [0.717, 1.165) is 43.7 Å². The number of likely N-dealkylation sites (tertiary alicyclic amines) is 1. The van der Waals surface area contributed by atoms with E-state index < -0.39 is 0 Å². The van der Waals surface area contributed by atoms with Gasteiger partial charge in [-0.25, -0.2) is 0 Å². The van der Waals surface area contributed by atoms with Crippen molar-refractivity contribution in [2.24, 2.45) is 0 Å². The van der Waals surface area contributed by atoms with E-state index in [9.17, 15) is 9.59 Å². The monoisotopic (exact) mass is 422 g/mol. The third kappa shape index (κ3) is 6.88. The molecule has 1 fully saturated rings. The molecule has 6 nitrogen and oxygen atoms in total. The van der Waals surface area contributed by atoms with Crippen LogP contribution in [0.1, 0.15) is 38.7 Å². The maximum Gasteiger partial charge on any atom is 0.260 e. The van der Waals surface area contributed by atoms with Crippen molar-refractivity contribution >= 4 is 23.6 Å². The van der Waals surface area contributed by atoms with E-state index in [-0.39, 0.29) is 24.5 Å². The van der Waals surface area contributed by atoms with Crippen molar-refractivity contribution in [3.05, 3.63) is 60.2 Å². The average Bonchev–Trinajstić information content (AvgIpc) is 3.32. The van der Waals surface area contributed by atoms with Crippen LogP contribution in [0.2, 0.25) is 0 Å². The topological polar surface area (TPSA) is 67.9 Å². The number of ether oxygens (including phenoxy) is 2. The Hall–Kier alpha value is -3.28. The summed E-state index contributed by atoms with van der Waals surface area (Å²) in [5, 5.41) is 2.82. The fourth-order valence-corrected chi connectivity index (χ4v) is 3.24. The van der Waals surface area contributed by atoms with E-state index in [0.29, 0.717) is 11.4 Å². The Labute approximate surface area is 183 Å². The molecule has 1 unspecified atom stereocenters. The zero-order valence-electron chi connectivity index (χ0n) is 18.2. The lowest BCUT2D eigenvalue weighted by molar-refractivity contribution is -0.132. The molecule has 1 aliphatic heterocycles. The quantitative estimate of drug-likeness (QED) is 0.604. The van der Waals surface area contributed by atoms with Gasteiger partial charge in [0.15, 0.2) is 6.61 Å². The van der Waals surface area contributed by atoms with Crippen molar-refractivity contribution in [1.29, 1.82) is 0 Å². The molecule has 1 heterocycles. The van der Waals surface area contributed by atoms with Gasteiger partial charge in [-0.05, 0) is 50.5 Å². The minimum atomic E-state index is -0.261. The van der Waals surface area contributed by atoms with Crippen molar-refractivity contribution in [3.63, 3.8) is 0 Å². The smallest absolute Gasteiger partial charge is 0.260 e. The molecule has 1 atom stereocenters. The first-order valence-corrected chi connectivity index (χ1v) is 10.8. The van der Waals surface area contributed by atoms with Crippen LogP contribution in [0.15, 0.2) is 54.6 Å². The molecule has 3 rings (SSSR count). The van der Waals surface area contributed by atoms with Gasteiger partial charge in [0.05, 0.1) is 6.10 Å². The summed E-state index contributed by atoms with van der Waals surface area (Å²) >= 11 is 0. The zero-order chi connectivity index (χ0) is 22.1. The van der Waals surface area contributed by atoms with Crippen LogP contribution in [0.4, 0.5) is 5.69 Å². The van der Waals surface area contributed by atoms with Gasteiger partial charge in [0.25, 0.3) is 5.91 Å². The molecule has 2 aromatic rings. The van der Waals surface area contributed by atoms with Crippen LogP contribution in [0, 0.1) is 0 Å². The minimum absolute atomic E-state index is 0.00424. The van der Waals surface area contributed by atoms with Crippen LogP contribution in [-0.2, 0) is 9.59 Å². The highest BCUT2D eigenvalue weighted by molar-refractivity contribution is 6.02. The lowest BCUT2D eigenvalue weighted by Crippen LogP contribution is -2.32. The number of carbonyl (C=O) groups excluding carboxylic acids is 2. The molecular weight excluding hydrogens is 392 g/mol. The van der Waals surface area contributed by atoms with Crippen LogP contribution in [0.3, 0.4) is 0 Å². The Bertz CT molecular complexity index is 919. The summed E-state index contributed by atoms with van der Waals surface area (Å²) in [6, 6.07) is 14.7. The molecular formula is C25H30N2O4. The maximum absolute atomic E-state index is 12.4. The summed E-state index contributed by atoms with van der Waals surface area (Å²) < 4.78 is 11.5. The number of amides is 2. The molecule has 0 aliphatic carbocycles. The van der Waals surface area contributed by atoms with Crippen LogP contribution in [-0.4, -0.2) is 42.5 Å². The second kappa shape index (κ2) is 11.2. The Morgan fingerprint density at radius 1 is 1.13 bits per heavy atom. The molecule has 6 heteroatoms. The number of benzene rings is 2. The molecule has 1 N–H and O–H groups in total. The standard InChI is InChI=1S/C25H30N2O4/c1-3-19(2)31-23-12-5-4-9-20(23)13-14-24(28)26-21-10-8-11-22(17-21)30-18-25(29)27-15-6-7-16-27/h4-5,8-14,17,19H,3,6-7,15-16,18H2,1-2H3,(H,26,28). The van der Waals surface area contributed by atoms with Gasteiger partial charge in [-0.2, -0.15) is 0 Å². The van der Waals surface area contributed by atoms with Crippen molar-refractivity contribution in [3.8, 4) is 11.5 Å². The molecule has 1 aliphatic rings. The second-order valence-corrected chi connectivity index (χ2v) is 7.60. The summed E-state index contributed by atoms with van der Waals surface area (Å²) in [5.74, 6) is 1.03. The van der Waals surface area contributed by atoms with Gasteiger partial charge in [0, 0.05) is 36.5 Å². The number of carbonyl (C=O) groups is 2. The Morgan fingerprint density at radius 3 is 2.68 bits per heavy atom. The Morgan fingerprint density at radius 2 is 1.90 bits per heavy atom. The van der Waals surface area contributed by atoms with Gasteiger partial charge >= 0.3 is 0 Å². The van der Waals surface area contributed by atoms with Crippen LogP contribution in [0.25, 0.3) is 6.08 Å². The summed E-state index contributed by atoms with van der Waals surface area (Å²) in [6.45, 7) is 5.69. The van der Waals surface area contributed by atoms with Gasteiger partial charge in [-0.15, -0.1) is 0 Å². The number of anilines is 1. The lowest BCUT2D eigenvalue weighted by Gasteiger charge is -2.15. The highest BCUT2D eigenvalue weighted by Gasteiger charge is 2.18. The first kappa shape index (κ1) is 22.4. The molecule has 31 heavy (non-hydrogen) atoms. The van der Waals surface area contributed by atoms with Crippen LogP contribution >= 0.6 is 0 Å². The largest absolute Gasteiger partial charge is 0.490 e. The second-order valence-electron chi connectivity index (χ2n) is 7.60. The van der Waals surface area contributed by atoms with Gasteiger partial charge in [0.1, 0.15) is 11.5 Å². The van der Waals surface area contributed by atoms with Gasteiger partial charge in [-0.1, -0.05) is 31.2 Å². The number of hydrogen-bond acceptors (Lipinski definition) is 4. The summed E-state index contributed by atoms with van der Waals surface area (Å²) in [6.07, 6.45) is 6.32. The van der Waals surface area contributed by atoms with E-state index in [1.165, 1.54) is 6.08 Å². The zero-order valence-corrected chi connectivity index (χ0v) is 18.2. The van der Waals surface area contributed by atoms with E-state index in [2.05, 4.69) is 12.2 Å². The predicted octanol–water partition coefficient (Wildman–Crippen LogP) is 4.52. The van der Waals surface area contributed by atoms with E-state index in [1.54, 1.807) is 30.3 Å². The first-order chi connectivity index (χ1) is 15.0. The molecule has 0 aromatic heterocycles. The lowest BCUT2D eigenvalue weighted by atomic mass is 10.1. The fraction of sp³-hybridized carbons (Fsp3) is 0.360. The number of nitrogens with zero attached hydrogens (tertiary/aromatic N) is 1. The minimum Gasteiger partial charge on any atom is -0.490 e. The maximum atomic E-state index is 12.4. The van der Waals surface area contributed by atoms with E-state index in [1.807, 2.05) is 36.1 Å². The molecule has 2 amide bonds. The number of hydrogen-bond donors (Lipinski definition) is 1. The highest BCUT2D eigenvalue weighted by atomic mass is 16.5. The summed E-state index contributed by atoms with van der Waals surface area (Å²) in [5.41, 5.74) is 1.44. The molecule has 2 aromatic carbocycles. The van der Waals surface area contributed by atoms with Crippen molar-refractivity contribution < 1.29 is 19.1 Å². The van der Waals surface area contributed by atoms with E-state index >= 15 is 0 Å². The molecule has 0 radical (unpaired) electrons. The Balaban J connectivity index is 1.56. The first-order valence-electron chi connectivity index (χ1n) is 10.8. The fourth-order valence-electron chi connectivity index (χ4n) is 3.24. The Kier molecular flexibility index (Phi) is 8.10. The summed E-state index contributed by atoms with van der Waals surface area (Å²) in [4.78, 5) is 26.3. The van der Waals surface area contributed by atoms with Gasteiger partial charge in [0.2, 0.25) is 5.91 Å². The molecule has 0 saturated carbocycles. The highest BCUT2D eigenvalue weighted by Crippen LogP contribution is 2.22. The third-order valence-corrected chi connectivity index (χ3v) is 5.16. The number of para-hydroxylation sites is 1. The van der Waals surface area contributed by atoms with Crippen LogP contribution in [0.5, 0.6) is 11.5 Å².